The van der Waals surface area contributed by atoms with Crippen LogP contribution in [0.25, 0.3) is 0 Å². The average molecular weight is 399 g/mol. The maximum absolute atomic E-state index is 9.99. The third-order valence-electron chi connectivity index (χ3n) is 5.26. The highest BCUT2D eigenvalue weighted by Gasteiger charge is 2.34. The van der Waals surface area contributed by atoms with Crippen LogP contribution in [0.3, 0.4) is 0 Å². The van der Waals surface area contributed by atoms with Crippen LogP contribution in [0.4, 0.5) is 0 Å². The zero-order valence-corrected chi connectivity index (χ0v) is 17.4. The third-order valence-corrected chi connectivity index (χ3v) is 8.97. The van der Waals surface area contributed by atoms with Crippen LogP contribution in [0.1, 0.15) is 24.0 Å². The molecule has 0 spiro atoms. The van der Waals surface area contributed by atoms with Crippen molar-refractivity contribution >= 4 is 8.56 Å². The van der Waals surface area contributed by atoms with Crippen LogP contribution in [0, 0.1) is 0 Å². The van der Waals surface area contributed by atoms with Crippen LogP contribution < -0.4 is 0 Å². The van der Waals surface area contributed by atoms with E-state index in [0.29, 0.717) is 24.0 Å². The second-order valence-electron chi connectivity index (χ2n) is 6.85. The summed E-state index contributed by atoms with van der Waals surface area (Å²) in [6.07, 6.45) is 2.77. The molecule has 2 heterocycles. The molecule has 0 fully saturated rings. The van der Waals surface area contributed by atoms with Gasteiger partial charge in [0.15, 0.2) is 23.5 Å². The first-order chi connectivity index (χ1) is 12.7. The average Bonchev–Trinajstić information content (AvgIpc) is 3.05. The molecule has 0 aliphatic heterocycles. The zero-order valence-electron chi connectivity index (χ0n) is 16.4. The summed E-state index contributed by atoms with van der Waals surface area (Å²) in [4.78, 5) is 0. The van der Waals surface area contributed by atoms with Gasteiger partial charge < -0.3 is 29.3 Å². The minimum atomic E-state index is -2.40. The summed E-state index contributed by atoms with van der Waals surface area (Å²) >= 11 is 0. The summed E-state index contributed by atoms with van der Waals surface area (Å²) in [6, 6.07) is 4.65. The van der Waals surface area contributed by atoms with Gasteiger partial charge in [-0.1, -0.05) is 0 Å². The molecule has 8 nitrogen and oxygen atoms in total. The second kappa shape index (κ2) is 8.72. The van der Waals surface area contributed by atoms with Crippen molar-refractivity contribution in [2.24, 2.45) is 14.1 Å². The van der Waals surface area contributed by atoms with Crippen LogP contribution in [0.2, 0.25) is 12.1 Å². The Morgan fingerprint density at radius 1 is 0.778 bits per heavy atom. The molecule has 0 bridgehead atoms. The normalized spacial score (nSPS) is 12.0. The molecule has 27 heavy (non-hydrogen) atoms. The molecule has 152 valence electrons. The molecule has 9 heteroatoms. The van der Waals surface area contributed by atoms with Gasteiger partial charge in [-0.15, -0.1) is 0 Å². The van der Waals surface area contributed by atoms with Crippen LogP contribution in [-0.2, 0) is 35.8 Å². The highest BCUT2D eigenvalue weighted by molar-refractivity contribution is 6.67. The summed E-state index contributed by atoms with van der Waals surface area (Å²) in [6.45, 7) is 0. The fourth-order valence-corrected chi connectivity index (χ4v) is 6.03. The number of hydrogen-bond acceptors (Lipinski definition) is 6. The minimum Gasteiger partial charge on any atom is -0.494 e. The Bertz CT molecular complexity index is 706. The van der Waals surface area contributed by atoms with E-state index in [-0.39, 0.29) is 23.5 Å². The lowest BCUT2D eigenvalue weighted by Crippen LogP contribution is -2.40. The number of hydrogen-bond donors (Lipinski definition) is 4. The summed E-state index contributed by atoms with van der Waals surface area (Å²) in [5, 5.41) is 39.3. The molecule has 2 rings (SSSR count). The molecule has 0 aromatic carbocycles. The number of nitrogens with zero attached hydrogens (tertiary/aromatic N) is 2. The van der Waals surface area contributed by atoms with Crippen molar-refractivity contribution in [3.8, 4) is 23.5 Å². The van der Waals surface area contributed by atoms with Crippen molar-refractivity contribution in [3.63, 3.8) is 0 Å². The lowest BCUT2D eigenvalue weighted by atomic mass is 10.2. The molecular formula is C18H30N2O6Si. The SMILES string of the molecule is CO[Si](CCCc1cc(O)n(C)c1O)(CCCc1cc(O)n(C)c1O)OC. The van der Waals surface area contributed by atoms with Gasteiger partial charge in [-0.05, 0) is 37.8 Å². The molecule has 0 atom stereocenters. The van der Waals surface area contributed by atoms with E-state index in [1.165, 1.54) is 9.13 Å². The van der Waals surface area contributed by atoms with Gasteiger partial charge in [0, 0.05) is 51.6 Å². The maximum Gasteiger partial charge on any atom is 0.337 e. The molecule has 0 amide bonds. The van der Waals surface area contributed by atoms with E-state index in [0.717, 1.165) is 24.9 Å². The molecule has 0 aliphatic carbocycles. The van der Waals surface area contributed by atoms with Gasteiger partial charge in [-0.3, -0.25) is 9.13 Å². The molecule has 2 aromatic rings. The summed E-state index contributed by atoms with van der Waals surface area (Å²) in [5.41, 5.74) is 1.41. The number of aromatic nitrogens is 2. The Hall–Kier alpha value is -2.10. The topological polar surface area (TPSA) is 109 Å². The minimum absolute atomic E-state index is 0.0374. The Kier molecular flexibility index (Phi) is 6.85. The van der Waals surface area contributed by atoms with Crippen LogP contribution >= 0.6 is 0 Å². The molecule has 0 unspecified atom stereocenters. The highest BCUT2D eigenvalue weighted by atomic mass is 28.4. The van der Waals surface area contributed by atoms with E-state index in [1.54, 1.807) is 40.4 Å². The van der Waals surface area contributed by atoms with Crippen molar-refractivity contribution in [2.45, 2.75) is 37.8 Å². The lowest BCUT2D eigenvalue weighted by molar-refractivity contribution is 0.239. The van der Waals surface area contributed by atoms with Crippen molar-refractivity contribution < 1.29 is 29.3 Å². The van der Waals surface area contributed by atoms with Crippen molar-refractivity contribution in [1.82, 2.24) is 9.13 Å². The highest BCUT2D eigenvalue weighted by Crippen LogP contribution is 2.31. The first-order valence-electron chi connectivity index (χ1n) is 8.98. The number of rotatable bonds is 10. The van der Waals surface area contributed by atoms with Crippen LogP contribution in [0.15, 0.2) is 12.1 Å². The summed E-state index contributed by atoms with van der Waals surface area (Å²) in [5.74, 6) is 0.230. The first-order valence-corrected chi connectivity index (χ1v) is 11.2. The zero-order chi connectivity index (χ0) is 20.2. The molecule has 0 saturated heterocycles. The first kappa shape index (κ1) is 21.2. The maximum atomic E-state index is 9.99. The molecule has 0 aliphatic rings. The fraction of sp³-hybridized carbons (Fsp3) is 0.556. The van der Waals surface area contributed by atoms with E-state index in [9.17, 15) is 20.4 Å². The Balaban J connectivity index is 1.91. The van der Waals surface area contributed by atoms with Gasteiger partial charge in [0.2, 0.25) is 0 Å². The summed E-state index contributed by atoms with van der Waals surface area (Å²) < 4.78 is 14.2. The van der Waals surface area contributed by atoms with E-state index >= 15 is 0 Å². The van der Waals surface area contributed by atoms with E-state index < -0.39 is 8.56 Å². The van der Waals surface area contributed by atoms with Gasteiger partial charge >= 0.3 is 8.56 Å². The largest absolute Gasteiger partial charge is 0.494 e. The molecule has 0 saturated carbocycles. The standard InChI is InChI=1S/C18H30N2O6Si/c1-19-15(21)11-13(17(19)23)7-5-9-27(25-3,26-4)10-6-8-14-12-16(22)20(2)18(14)24/h11-12,21-24H,5-10H2,1-4H3. The van der Waals surface area contributed by atoms with Gasteiger partial charge in [0.05, 0.1) is 0 Å². The third kappa shape index (κ3) is 4.60. The smallest absolute Gasteiger partial charge is 0.337 e. The molecular weight excluding hydrogens is 368 g/mol. The van der Waals surface area contributed by atoms with Crippen LogP contribution in [-0.4, -0.2) is 52.3 Å². The van der Waals surface area contributed by atoms with Gasteiger partial charge in [0.25, 0.3) is 0 Å². The quantitative estimate of drug-likeness (QED) is 0.458. The second-order valence-corrected chi connectivity index (χ2v) is 10.5. The van der Waals surface area contributed by atoms with Crippen molar-refractivity contribution in [3.05, 3.63) is 23.3 Å². The Morgan fingerprint density at radius 2 is 1.15 bits per heavy atom. The van der Waals surface area contributed by atoms with Gasteiger partial charge in [-0.25, -0.2) is 0 Å². The number of aryl methyl sites for hydroxylation is 2. The Morgan fingerprint density at radius 3 is 1.41 bits per heavy atom. The van der Waals surface area contributed by atoms with E-state index in [1.807, 2.05) is 0 Å². The van der Waals surface area contributed by atoms with Gasteiger partial charge in [0.1, 0.15) is 0 Å². The van der Waals surface area contributed by atoms with E-state index in [2.05, 4.69) is 0 Å². The van der Waals surface area contributed by atoms with Crippen LogP contribution in [0.5, 0.6) is 23.5 Å². The molecule has 2 aromatic heterocycles. The monoisotopic (exact) mass is 398 g/mol. The van der Waals surface area contributed by atoms with Gasteiger partial charge in [-0.2, -0.15) is 0 Å². The van der Waals surface area contributed by atoms with Crippen molar-refractivity contribution in [2.75, 3.05) is 14.2 Å². The predicted molar refractivity (Wildman–Crippen MR) is 104 cm³/mol. The van der Waals surface area contributed by atoms with E-state index in [4.69, 9.17) is 8.85 Å². The lowest BCUT2D eigenvalue weighted by Gasteiger charge is -2.27. The molecule has 0 radical (unpaired) electrons. The number of aromatic hydroxyl groups is 4. The Labute approximate surface area is 160 Å². The predicted octanol–water partition coefficient (Wildman–Crippen LogP) is 2.49. The molecule has 4 N–H and O–H groups in total. The summed E-state index contributed by atoms with van der Waals surface area (Å²) in [7, 11) is 4.13. The van der Waals surface area contributed by atoms with Crippen molar-refractivity contribution in [1.29, 1.82) is 0 Å². The fourth-order valence-electron chi connectivity index (χ4n) is 3.36.